The van der Waals surface area contributed by atoms with Gasteiger partial charge in [0.15, 0.2) is 0 Å². The molecule has 0 aliphatic rings. The van der Waals surface area contributed by atoms with Crippen molar-refractivity contribution >= 4 is 27.0 Å². The molecule has 0 amide bonds. The first kappa shape index (κ1) is 15.8. The molecule has 0 aliphatic carbocycles. The molecule has 2 rings (SSSR count). The summed E-state index contributed by atoms with van der Waals surface area (Å²) in [5.74, 6) is 0.307. The van der Waals surface area contributed by atoms with Crippen molar-refractivity contribution < 1.29 is 13.2 Å². The van der Waals surface area contributed by atoms with E-state index in [0.29, 0.717) is 18.0 Å². The van der Waals surface area contributed by atoms with Gasteiger partial charge in [0, 0.05) is 12.2 Å². The molecule has 0 saturated carbocycles. The highest BCUT2D eigenvalue weighted by Crippen LogP contribution is 2.26. The van der Waals surface area contributed by atoms with E-state index < -0.39 is 10.0 Å². The second kappa shape index (κ2) is 6.46. The average molecular weight is 326 g/mol. The smallest absolute Gasteiger partial charge is 0.244 e. The minimum absolute atomic E-state index is 0.0669. The second-order valence-electron chi connectivity index (χ2n) is 4.54. The molecular formula is C14H18N2O3S2. The summed E-state index contributed by atoms with van der Waals surface area (Å²) < 4.78 is 32.8. The quantitative estimate of drug-likeness (QED) is 0.799. The second-order valence-corrected chi connectivity index (χ2v) is 7.02. The zero-order chi connectivity index (χ0) is 15.5. The summed E-state index contributed by atoms with van der Waals surface area (Å²) in [5, 5.41) is 3.91. The molecule has 1 heterocycles. The lowest BCUT2D eigenvalue weighted by atomic mass is 10.2. The van der Waals surface area contributed by atoms with E-state index in [1.54, 1.807) is 30.4 Å². The number of thiophene rings is 1. The van der Waals surface area contributed by atoms with E-state index in [4.69, 9.17) is 10.5 Å². The Balaban J connectivity index is 2.26. The number of nitrogen functional groups attached to an aromatic ring is 1. The molecule has 0 radical (unpaired) electrons. The number of rotatable bonds is 6. The van der Waals surface area contributed by atoms with Crippen LogP contribution in [0.2, 0.25) is 0 Å². The van der Waals surface area contributed by atoms with Gasteiger partial charge < -0.3 is 10.5 Å². The number of nitrogens with two attached hydrogens (primary N) is 1. The molecule has 0 bridgehead atoms. The molecule has 7 heteroatoms. The number of sulfonamides is 1. The molecule has 1 aromatic carbocycles. The maximum atomic E-state index is 12.4. The number of hydrogen-bond acceptors (Lipinski definition) is 5. The van der Waals surface area contributed by atoms with Crippen LogP contribution in [0.15, 0.2) is 33.9 Å². The summed E-state index contributed by atoms with van der Waals surface area (Å²) in [4.78, 5) is 0.0669. The van der Waals surface area contributed by atoms with Gasteiger partial charge in [-0.1, -0.05) is 0 Å². The van der Waals surface area contributed by atoms with Crippen molar-refractivity contribution in [2.75, 3.05) is 12.3 Å². The van der Waals surface area contributed by atoms with Gasteiger partial charge in [0.25, 0.3) is 0 Å². The minimum Gasteiger partial charge on any atom is -0.492 e. The van der Waals surface area contributed by atoms with Gasteiger partial charge in [-0.3, -0.25) is 0 Å². The molecule has 0 spiro atoms. The Morgan fingerprint density at radius 3 is 2.71 bits per heavy atom. The van der Waals surface area contributed by atoms with Crippen LogP contribution in [0, 0.1) is 6.92 Å². The van der Waals surface area contributed by atoms with Crippen LogP contribution in [-0.2, 0) is 16.6 Å². The number of anilines is 1. The number of nitrogens with one attached hydrogen (secondary N) is 1. The Morgan fingerprint density at radius 1 is 1.33 bits per heavy atom. The van der Waals surface area contributed by atoms with E-state index in [0.717, 1.165) is 11.1 Å². The van der Waals surface area contributed by atoms with Gasteiger partial charge in [-0.2, -0.15) is 11.3 Å². The largest absolute Gasteiger partial charge is 0.492 e. The molecule has 0 unspecified atom stereocenters. The normalized spacial score (nSPS) is 11.5. The lowest BCUT2D eigenvalue weighted by Crippen LogP contribution is -2.24. The van der Waals surface area contributed by atoms with Crippen LogP contribution < -0.4 is 15.2 Å². The summed E-state index contributed by atoms with van der Waals surface area (Å²) >= 11 is 1.55. The van der Waals surface area contributed by atoms with E-state index in [-0.39, 0.29) is 11.4 Å². The third-order valence-electron chi connectivity index (χ3n) is 2.97. The highest BCUT2D eigenvalue weighted by atomic mass is 32.2. The van der Waals surface area contributed by atoms with E-state index >= 15 is 0 Å². The molecule has 0 saturated heterocycles. The van der Waals surface area contributed by atoms with Gasteiger partial charge in [0.05, 0.1) is 6.61 Å². The third kappa shape index (κ3) is 3.75. The Kier molecular flexibility index (Phi) is 4.87. The van der Waals surface area contributed by atoms with Crippen molar-refractivity contribution in [2.24, 2.45) is 0 Å². The van der Waals surface area contributed by atoms with E-state index in [9.17, 15) is 8.42 Å². The summed E-state index contributed by atoms with van der Waals surface area (Å²) in [7, 11) is -3.68. The van der Waals surface area contributed by atoms with Crippen molar-refractivity contribution in [3.05, 3.63) is 40.1 Å². The summed E-state index contributed by atoms with van der Waals surface area (Å²) in [6.45, 7) is 4.38. The first-order chi connectivity index (χ1) is 9.94. The topological polar surface area (TPSA) is 81.4 Å². The maximum Gasteiger partial charge on any atom is 0.244 e. The molecule has 5 nitrogen and oxygen atoms in total. The van der Waals surface area contributed by atoms with Crippen molar-refractivity contribution in [1.29, 1.82) is 0 Å². The first-order valence-corrected chi connectivity index (χ1v) is 8.90. The molecule has 1 aromatic heterocycles. The molecule has 0 atom stereocenters. The predicted octanol–water partition coefficient (Wildman–Crippen LogP) is 2.52. The Bertz CT molecular complexity index is 724. The van der Waals surface area contributed by atoms with Gasteiger partial charge in [0.2, 0.25) is 10.0 Å². The Hall–Kier alpha value is -1.57. The van der Waals surface area contributed by atoms with Gasteiger partial charge in [-0.25, -0.2) is 13.1 Å². The zero-order valence-corrected chi connectivity index (χ0v) is 13.6. The fraction of sp³-hybridized carbons (Fsp3) is 0.286. The lowest BCUT2D eigenvalue weighted by molar-refractivity contribution is 0.331. The number of ether oxygens (including phenoxy) is 1. The van der Waals surface area contributed by atoms with Crippen LogP contribution in [0.5, 0.6) is 5.75 Å². The molecule has 0 aliphatic heterocycles. The highest BCUT2D eigenvalue weighted by molar-refractivity contribution is 7.89. The summed E-state index contributed by atoms with van der Waals surface area (Å²) in [5.41, 5.74) is 8.10. The third-order valence-corrected chi connectivity index (χ3v) is 5.30. The van der Waals surface area contributed by atoms with Crippen LogP contribution in [0.1, 0.15) is 18.1 Å². The van der Waals surface area contributed by atoms with Crippen LogP contribution in [-0.4, -0.2) is 15.0 Å². The van der Waals surface area contributed by atoms with Crippen LogP contribution in [0.25, 0.3) is 0 Å². The van der Waals surface area contributed by atoms with E-state index in [1.807, 2.05) is 17.7 Å². The van der Waals surface area contributed by atoms with Gasteiger partial charge in [0.1, 0.15) is 10.6 Å². The fourth-order valence-corrected chi connectivity index (χ4v) is 3.87. The van der Waals surface area contributed by atoms with Gasteiger partial charge in [-0.15, -0.1) is 0 Å². The number of hydrogen-bond donors (Lipinski definition) is 2. The van der Waals surface area contributed by atoms with Crippen LogP contribution in [0.4, 0.5) is 5.69 Å². The minimum atomic E-state index is -3.68. The monoisotopic (exact) mass is 326 g/mol. The standard InChI is InChI=1S/C14H18N2O3S2/c1-3-19-13-5-4-12(15)6-14(13)21(17,18)16-7-11-9-20-8-10(11)2/h4-6,8-9,16H,3,7,15H2,1-2H3. The molecule has 114 valence electrons. The SMILES string of the molecule is CCOc1ccc(N)cc1S(=O)(=O)NCc1cscc1C. The predicted molar refractivity (Wildman–Crippen MR) is 85.1 cm³/mol. The fourth-order valence-electron chi connectivity index (χ4n) is 1.83. The number of benzene rings is 1. The van der Waals surface area contributed by atoms with Gasteiger partial charge >= 0.3 is 0 Å². The molecule has 2 aromatic rings. The maximum absolute atomic E-state index is 12.4. The Morgan fingerprint density at radius 2 is 2.10 bits per heavy atom. The van der Waals surface area contributed by atoms with Crippen LogP contribution in [0.3, 0.4) is 0 Å². The lowest BCUT2D eigenvalue weighted by Gasteiger charge is -2.12. The zero-order valence-electron chi connectivity index (χ0n) is 11.9. The van der Waals surface area contributed by atoms with Crippen molar-refractivity contribution in [3.63, 3.8) is 0 Å². The summed E-state index contributed by atoms with van der Waals surface area (Å²) in [6, 6.07) is 4.60. The van der Waals surface area contributed by atoms with Gasteiger partial charge in [-0.05, 0) is 53.9 Å². The summed E-state index contributed by atoms with van der Waals surface area (Å²) in [6.07, 6.45) is 0. The van der Waals surface area contributed by atoms with E-state index in [2.05, 4.69) is 4.72 Å². The molecule has 3 N–H and O–H groups in total. The average Bonchev–Trinajstić information content (AvgIpc) is 2.84. The first-order valence-electron chi connectivity index (χ1n) is 6.47. The van der Waals surface area contributed by atoms with Crippen molar-refractivity contribution in [2.45, 2.75) is 25.3 Å². The highest BCUT2D eigenvalue weighted by Gasteiger charge is 2.20. The van der Waals surface area contributed by atoms with Crippen LogP contribution >= 0.6 is 11.3 Å². The van der Waals surface area contributed by atoms with Crippen molar-refractivity contribution in [1.82, 2.24) is 4.72 Å². The van der Waals surface area contributed by atoms with E-state index in [1.165, 1.54) is 6.07 Å². The Labute approximate surface area is 128 Å². The number of aryl methyl sites for hydroxylation is 1. The molecular weight excluding hydrogens is 308 g/mol. The molecule has 0 fully saturated rings. The molecule has 21 heavy (non-hydrogen) atoms. The van der Waals surface area contributed by atoms with Crippen molar-refractivity contribution in [3.8, 4) is 5.75 Å².